The number of carbonyl (C=O) groups is 4. The van der Waals surface area contributed by atoms with Crippen LogP contribution in [0.2, 0.25) is 5.02 Å². The number of fused-ring (bicyclic) bond motifs is 5. The van der Waals surface area contributed by atoms with Gasteiger partial charge in [-0.1, -0.05) is 42.3 Å². The number of benzene rings is 1. The number of ether oxygens (including phenoxy) is 3. The molecule has 4 rings (SSSR count). The van der Waals surface area contributed by atoms with Gasteiger partial charge in [0.2, 0.25) is 11.8 Å². The Morgan fingerprint density at radius 1 is 1.31 bits per heavy atom. The molecule has 1 aromatic rings. The minimum Gasteiger partial charge on any atom is -0.495 e. The van der Waals surface area contributed by atoms with Crippen molar-refractivity contribution in [1.29, 1.82) is 0 Å². The summed E-state index contributed by atoms with van der Waals surface area (Å²) in [4.78, 5) is 50.1. The average molecular weight is 724 g/mol. The van der Waals surface area contributed by atoms with E-state index in [4.69, 9.17) is 30.9 Å². The van der Waals surface area contributed by atoms with Gasteiger partial charge in [-0.3, -0.25) is 14.9 Å². The maximum Gasteiger partial charge on any atom is 0.409 e. The van der Waals surface area contributed by atoms with Gasteiger partial charge >= 0.3 is 12.1 Å². The summed E-state index contributed by atoms with van der Waals surface area (Å²) in [5.41, 5.74) is 0.692. The minimum absolute atomic E-state index is 0.0879. The lowest BCUT2D eigenvalue weighted by atomic mass is 9.85. The van der Waals surface area contributed by atoms with Gasteiger partial charge in [-0.2, -0.15) is 11.8 Å². The zero-order valence-electron chi connectivity index (χ0n) is 29.6. The van der Waals surface area contributed by atoms with E-state index in [1.807, 2.05) is 57.4 Å². The Hall–Kier alpha value is -3.26. The normalized spacial score (nSPS) is 29.4. The SMILES string of the molecule is COc1cc2cc(c1Cl)N(C)C(=O)CC[C@]1(C)O[C@H]1[C@H](C)[C@@H]1C[C@](O)(C/C=C/C=C(\C)C2)NC(=O)O1.CSCCC(=O)N(C)[C@@H](C)C(=O)O. The van der Waals surface area contributed by atoms with Gasteiger partial charge in [0.25, 0.3) is 0 Å². The number of nitrogens with one attached hydrogen (secondary N) is 1. The molecule has 0 saturated carbocycles. The first kappa shape index (κ1) is 40.2. The molecule has 3 amide bonds. The summed E-state index contributed by atoms with van der Waals surface area (Å²) in [5.74, 6) is -0.0897. The van der Waals surface area contributed by atoms with E-state index in [0.29, 0.717) is 35.7 Å². The van der Waals surface area contributed by atoms with E-state index in [9.17, 15) is 24.3 Å². The first-order chi connectivity index (χ1) is 22.9. The van der Waals surface area contributed by atoms with E-state index in [2.05, 4.69) is 5.32 Å². The third-order valence-corrected chi connectivity index (χ3v) is 10.3. The third-order valence-electron chi connectivity index (χ3n) is 9.31. The van der Waals surface area contributed by atoms with Crippen molar-refractivity contribution in [3.63, 3.8) is 0 Å². The van der Waals surface area contributed by atoms with Crippen molar-refractivity contribution in [2.75, 3.05) is 38.1 Å². The number of nitrogens with zero attached hydrogens (tertiary/aromatic N) is 2. The van der Waals surface area contributed by atoms with Crippen LogP contribution >= 0.6 is 23.4 Å². The maximum absolute atomic E-state index is 13.2. The van der Waals surface area contributed by atoms with Crippen LogP contribution in [0.15, 0.2) is 35.9 Å². The number of hydrogen-bond donors (Lipinski definition) is 3. The fourth-order valence-electron chi connectivity index (χ4n) is 5.94. The number of thioether (sulfide) groups is 1. The molecule has 14 heteroatoms. The van der Waals surface area contributed by atoms with Crippen LogP contribution in [0.3, 0.4) is 0 Å². The second-order valence-electron chi connectivity index (χ2n) is 13.2. The first-order valence-electron chi connectivity index (χ1n) is 16.3. The molecule has 3 aliphatic rings. The number of methoxy groups -OCH3 is 1. The Morgan fingerprint density at radius 2 is 2.00 bits per heavy atom. The number of amides is 3. The number of carboxylic acid groups (broad SMARTS) is 1. The monoisotopic (exact) mass is 723 g/mol. The van der Waals surface area contributed by atoms with E-state index in [1.165, 1.54) is 18.9 Å². The number of hydrogen-bond acceptors (Lipinski definition) is 9. The Labute approximate surface area is 298 Å². The maximum atomic E-state index is 13.2. The number of carbonyl (C=O) groups excluding carboxylic acids is 3. The van der Waals surface area contributed by atoms with Crippen LogP contribution in [0.25, 0.3) is 0 Å². The molecule has 3 N–H and O–H groups in total. The number of carboxylic acids is 1. The third kappa shape index (κ3) is 10.6. The highest BCUT2D eigenvalue weighted by Gasteiger charge is 2.58. The van der Waals surface area contributed by atoms with Crippen LogP contribution in [-0.2, 0) is 30.3 Å². The summed E-state index contributed by atoms with van der Waals surface area (Å²) in [5, 5.41) is 22.7. The van der Waals surface area contributed by atoms with Crippen LogP contribution in [-0.4, -0.2) is 102 Å². The highest BCUT2D eigenvalue weighted by molar-refractivity contribution is 7.98. The zero-order chi connectivity index (χ0) is 36.7. The lowest BCUT2D eigenvalue weighted by molar-refractivity contribution is -0.148. The predicted molar refractivity (Wildman–Crippen MR) is 190 cm³/mol. The number of epoxide rings is 1. The summed E-state index contributed by atoms with van der Waals surface area (Å²) < 4.78 is 17.0. The van der Waals surface area contributed by atoms with E-state index in [-0.39, 0.29) is 43.1 Å². The number of halogens is 1. The molecular weight excluding hydrogens is 674 g/mol. The number of anilines is 1. The summed E-state index contributed by atoms with van der Waals surface area (Å²) in [6, 6.07) is 3.05. The molecule has 2 fully saturated rings. The molecule has 4 bridgehead atoms. The van der Waals surface area contributed by atoms with Gasteiger partial charge in [0.1, 0.15) is 28.6 Å². The molecular formula is C35H50ClN3O9S. The van der Waals surface area contributed by atoms with Crippen LogP contribution in [0.5, 0.6) is 5.75 Å². The quantitative estimate of drug-likeness (QED) is 0.334. The van der Waals surface area contributed by atoms with Crippen LogP contribution in [0.1, 0.15) is 65.4 Å². The van der Waals surface area contributed by atoms with E-state index in [0.717, 1.165) is 16.9 Å². The number of alkyl carbamates (subject to hydrolysis) is 1. The Bertz CT molecular complexity index is 1460. The molecule has 0 radical (unpaired) electrons. The molecule has 3 heterocycles. The highest BCUT2D eigenvalue weighted by Crippen LogP contribution is 2.47. The lowest BCUT2D eigenvalue weighted by Gasteiger charge is -2.38. The van der Waals surface area contributed by atoms with Gasteiger partial charge in [-0.15, -0.1) is 0 Å². The molecule has 12 nitrogen and oxygen atoms in total. The molecule has 6 atom stereocenters. The summed E-state index contributed by atoms with van der Waals surface area (Å²) >= 11 is 8.16. The van der Waals surface area contributed by atoms with Crippen molar-refractivity contribution in [3.8, 4) is 5.75 Å². The molecule has 0 aliphatic carbocycles. The Kier molecular flexibility index (Phi) is 14.0. The van der Waals surface area contributed by atoms with Crippen LogP contribution in [0.4, 0.5) is 10.5 Å². The van der Waals surface area contributed by atoms with Crippen molar-refractivity contribution in [1.82, 2.24) is 10.2 Å². The van der Waals surface area contributed by atoms with E-state index >= 15 is 0 Å². The number of allylic oxidation sites excluding steroid dienone is 3. The van der Waals surface area contributed by atoms with E-state index in [1.54, 1.807) is 30.8 Å². The molecule has 272 valence electrons. The molecule has 2 saturated heterocycles. The topological polar surface area (TPSA) is 158 Å². The summed E-state index contributed by atoms with van der Waals surface area (Å²) in [6.07, 6.45) is 8.51. The lowest BCUT2D eigenvalue weighted by Crippen LogP contribution is -2.57. The van der Waals surface area contributed by atoms with Gasteiger partial charge in [0.05, 0.1) is 24.5 Å². The number of rotatable bonds is 6. The molecule has 0 spiro atoms. The van der Waals surface area contributed by atoms with Gasteiger partial charge in [-0.05, 0) is 57.6 Å². The molecule has 0 unspecified atom stereocenters. The van der Waals surface area contributed by atoms with Gasteiger partial charge < -0.3 is 34.2 Å². The van der Waals surface area contributed by atoms with Crippen molar-refractivity contribution in [2.45, 2.75) is 95.8 Å². The van der Waals surface area contributed by atoms with Crippen molar-refractivity contribution in [2.24, 2.45) is 5.92 Å². The Morgan fingerprint density at radius 3 is 2.63 bits per heavy atom. The second kappa shape index (κ2) is 17.1. The van der Waals surface area contributed by atoms with Crippen LogP contribution in [0, 0.1) is 5.92 Å². The second-order valence-corrected chi connectivity index (χ2v) is 14.5. The number of likely N-dealkylation sites (N-methyl/N-ethyl adjacent to an activating group) is 1. The highest BCUT2D eigenvalue weighted by atomic mass is 35.5. The van der Waals surface area contributed by atoms with Crippen molar-refractivity contribution in [3.05, 3.63) is 46.5 Å². The fraction of sp³-hybridized carbons (Fsp3) is 0.600. The van der Waals surface area contributed by atoms with Crippen molar-refractivity contribution < 1.29 is 43.6 Å². The molecule has 3 aliphatic heterocycles. The molecule has 1 aromatic carbocycles. The molecule has 49 heavy (non-hydrogen) atoms. The minimum atomic E-state index is -1.40. The summed E-state index contributed by atoms with van der Waals surface area (Å²) in [7, 11) is 4.78. The average Bonchev–Trinajstić information content (AvgIpc) is 3.74. The van der Waals surface area contributed by atoms with Crippen molar-refractivity contribution >= 4 is 52.9 Å². The number of aliphatic hydroxyl groups is 1. The van der Waals surface area contributed by atoms with Gasteiger partial charge in [0.15, 0.2) is 0 Å². The molecule has 0 aromatic heterocycles. The largest absolute Gasteiger partial charge is 0.495 e. The van der Waals surface area contributed by atoms with Gasteiger partial charge in [-0.25, -0.2) is 9.59 Å². The smallest absolute Gasteiger partial charge is 0.409 e. The Balaban J connectivity index is 0.000000425. The van der Waals surface area contributed by atoms with Crippen LogP contribution < -0.4 is 15.0 Å². The first-order valence-corrected chi connectivity index (χ1v) is 18.0. The zero-order valence-corrected chi connectivity index (χ0v) is 31.2. The predicted octanol–water partition coefficient (Wildman–Crippen LogP) is 5.19. The standard InChI is InChI=1S/C27H35ClN2O6.C8H15NO3S/c1-16-8-6-7-10-27(33)15-21(35-25(32)29-27)17(2)24-26(3,36-24)11-9-22(31)30(4)19-13-18(12-16)14-20(34-5)23(19)28;1-6(8(11)12)9(2)7(10)4-5-13-3/h6-8,13-14,17,21,24,33H,9-12,15H2,1-5H3,(H,29,32);6H,4-5H2,1-3H3,(H,11,12)/b7-6+,16-8+;/t17-,21+,24+,26+,27-;6-/m10/s1. The fourth-order valence-corrected chi connectivity index (χ4v) is 6.63. The summed E-state index contributed by atoms with van der Waals surface area (Å²) in [6.45, 7) is 7.42. The number of aliphatic carboxylic acids is 1. The van der Waals surface area contributed by atoms with Gasteiger partial charge in [0, 0.05) is 51.4 Å². The van der Waals surface area contributed by atoms with E-state index < -0.39 is 35.5 Å².